The van der Waals surface area contributed by atoms with Gasteiger partial charge in [-0.3, -0.25) is 4.79 Å². The maximum Gasteiger partial charge on any atom is 0.318 e. The number of nitrogens with zero attached hydrogens (tertiary/aromatic N) is 5. The molecule has 0 spiro atoms. The average Bonchev–Trinajstić information content (AvgIpc) is 2.91. The van der Waals surface area contributed by atoms with Gasteiger partial charge in [-0.15, -0.1) is 0 Å². The van der Waals surface area contributed by atoms with Crippen molar-refractivity contribution in [3.8, 4) is 6.01 Å². The number of fused-ring (bicyclic) bond motifs is 2. The maximum atomic E-state index is 13.4. The molecule has 0 atom stereocenters. The third kappa shape index (κ3) is 4.76. The van der Waals surface area contributed by atoms with E-state index in [-0.39, 0.29) is 0 Å². The monoisotopic (exact) mass is 537 g/mol. The largest absolute Gasteiger partial charge is 0.463 e. The van der Waals surface area contributed by atoms with Crippen LogP contribution in [0.5, 0.6) is 6.01 Å². The summed E-state index contributed by atoms with van der Waals surface area (Å²) in [6, 6.07) is 12.5. The van der Waals surface area contributed by atoms with Crippen LogP contribution >= 0.6 is 11.6 Å². The van der Waals surface area contributed by atoms with Gasteiger partial charge in [0.25, 0.3) is 5.91 Å². The van der Waals surface area contributed by atoms with E-state index in [1.165, 1.54) is 4.90 Å². The lowest BCUT2D eigenvalue weighted by molar-refractivity contribution is -0.128. The van der Waals surface area contributed by atoms with Crippen molar-refractivity contribution in [2.45, 2.75) is 13.0 Å². The lowest BCUT2D eigenvalue weighted by Crippen LogP contribution is -2.49. The Kier molecular flexibility index (Phi) is 6.80. The minimum absolute atomic E-state index is 0.343. The fourth-order valence-corrected chi connectivity index (χ4v) is 5.60. The van der Waals surface area contributed by atoms with Crippen LogP contribution in [-0.2, 0) is 22.5 Å². The van der Waals surface area contributed by atoms with Crippen LogP contribution in [0.1, 0.15) is 11.3 Å². The molecule has 198 valence electrons. The lowest BCUT2D eigenvalue weighted by Gasteiger charge is -2.38. The van der Waals surface area contributed by atoms with Crippen LogP contribution in [0, 0.1) is 5.92 Å². The molecular weight excluding hydrogens is 509 g/mol. The van der Waals surface area contributed by atoms with E-state index in [1.54, 1.807) is 0 Å². The van der Waals surface area contributed by atoms with Crippen molar-refractivity contribution in [2.24, 2.45) is 5.92 Å². The number of carbonyl (C=O) groups is 1. The molecule has 3 aliphatic heterocycles. The first-order chi connectivity index (χ1) is 18.5. The number of hydrogen-bond acceptors (Lipinski definition) is 7. The van der Waals surface area contributed by atoms with Crippen LogP contribution < -0.4 is 14.5 Å². The highest BCUT2D eigenvalue weighted by molar-refractivity contribution is 6.36. The molecule has 10 heteroatoms. The standard InChI is InChI=1S/C28H29ClFN5O3/c1-18(30)27(36)34-12-10-33(11-13-34)26-21-8-9-35(24-7-3-5-20-4-2-6-22(29)25(20)24)14-23(21)31-28(32-26)38-17-19-15-37-16-19/h2-7,19H,1,8-17H2. The summed E-state index contributed by atoms with van der Waals surface area (Å²) in [4.78, 5) is 27.7. The van der Waals surface area contributed by atoms with Gasteiger partial charge >= 0.3 is 6.01 Å². The van der Waals surface area contributed by atoms with E-state index in [9.17, 15) is 9.18 Å². The van der Waals surface area contributed by atoms with Crippen molar-refractivity contribution in [1.82, 2.24) is 14.9 Å². The molecule has 8 nitrogen and oxygen atoms in total. The normalized spacial score (nSPS) is 17.8. The van der Waals surface area contributed by atoms with Crippen LogP contribution in [0.15, 0.2) is 48.8 Å². The third-order valence-corrected chi connectivity index (χ3v) is 7.76. The van der Waals surface area contributed by atoms with Crippen LogP contribution in [0.2, 0.25) is 5.02 Å². The topological polar surface area (TPSA) is 71.0 Å². The van der Waals surface area contributed by atoms with Crippen LogP contribution in [0.4, 0.5) is 15.9 Å². The smallest absolute Gasteiger partial charge is 0.318 e. The van der Waals surface area contributed by atoms with Crippen molar-refractivity contribution in [3.63, 3.8) is 0 Å². The molecular formula is C28H29ClFN5O3. The summed E-state index contributed by atoms with van der Waals surface area (Å²) in [5.74, 6) is -0.403. The molecule has 2 aromatic carbocycles. The summed E-state index contributed by atoms with van der Waals surface area (Å²) < 4.78 is 24.7. The summed E-state index contributed by atoms with van der Waals surface area (Å²) in [7, 11) is 0. The fourth-order valence-electron chi connectivity index (χ4n) is 5.33. The van der Waals surface area contributed by atoms with Gasteiger partial charge in [-0.25, -0.2) is 4.39 Å². The molecule has 1 amide bonds. The SMILES string of the molecule is C=C(F)C(=O)N1CCN(c2nc(OCC3COC3)nc3c2CCN(c2cccc4cccc(Cl)c24)C3)CC1. The lowest BCUT2D eigenvalue weighted by atomic mass is 10.0. The van der Waals surface area contributed by atoms with E-state index in [4.69, 9.17) is 31.0 Å². The second kappa shape index (κ2) is 10.4. The second-order valence-electron chi connectivity index (χ2n) is 9.94. The van der Waals surface area contributed by atoms with Crippen molar-refractivity contribution in [2.75, 3.05) is 62.3 Å². The zero-order valence-corrected chi connectivity index (χ0v) is 21.8. The molecule has 4 heterocycles. The quantitative estimate of drug-likeness (QED) is 0.440. The van der Waals surface area contributed by atoms with E-state index in [0.717, 1.165) is 51.5 Å². The van der Waals surface area contributed by atoms with Gasteiger partial charge in [0.15, 0.2) is 5.83 Å². The van der Waals surface area contributed by atoms with Crippen molar-refractivity contribution >= 4 is 39.8 Å². The number of hydrogen-bond donors (Lipinski definition) is 0. The Morgan fingerprint density at radius 3 is 2.55 bits per heavy atom. The number of carbonyl (C=O) groups excluding carboxylic acids is 1. The molecule has 0 unspecified atom stereocenters. The number of rotatable bonds is 6. The Labute approximate surface area is 225 Å². The molecule has 1 aromatic heterocycles. The fraction of sp³-hybridized carbons (Fsp3) is 0.393. The highest BCUT2D eigenvalue weighted by atomic mass is 35.5. The summed E-state index contributed by atoms with van der Waals surface area (Å²) >= 11 is 6.63. The number of ether oxygens (including phenoxy) is 2. The predicted molar refractivity (Wildman–Crippen MR) is 145 cm³/mol. The van der Waals surface area contributed by atoms with Gasteiger partial charge in [0.1, 0.15) is 5.82 Å². The third-order valence-electron chi connectivity index (χ3n) is 7.45. The van der Waals surface area contributed by atoms with Gasteiger partial charge in [-0.2, -0.15) is 9.97 Å². The minimum atomic E-state index is -0.929. The number of amides is 1. The second-order valence-corrected chi connectivity index (χ2v) is 10.3. The van der Waals surface area contributed by atoms with E-state index in [2.05, 4.69) is 40.6 Å². The van der Waals surface area contributed by atoms with Crippen molar-refractivity contribution < 1.29 is 18.7 Å². The Hall–Kier alpha value is -3.43. The van der Waals surface area contributed by atoms with Gasteiger partial charge in [0, 0.05) is 55.3 Å². The van der Waals surface area contributed by atoms with Gasteiger partial charge < -0.3 is 24.2 Å². The molecule has 3 aliphatic rings. The summed E-state index contributed by atoms with van der Waals surface area (Å²) in [5, 5.41) is 2.85. The first kappa shape index (κ1) is 24.9. The average molecular weight is 538 g/mol. The molecule has 0 bridgehead atoms. The van der Waals surface area contributed by atoms with Crippen LogP contribution in [0.3, 0.4) is 0 Å². The highest BCUT2D eigenvalue weighted by Gasteiger charge is 2.30. The van der Waals surface area contributed by atoms with E-state index in [0.29, 0.717) is 64.5 Å². The molecule has 2 fully saturated rings. The van der Waals surface area contributed by atoms with Gasteiger partial charge in [-0.05, 0) is 23.9 Å². The van der Waals surface area contributed by atoms with Gasteiger partial charge in [-0.1, -0.05) is 42.4 Å². The molecule has 38 heavy (non-hydrogen) atoms. The summed E-state index contributed by atoms with van der Waals surface area (Å²) in [6.45, 7) is 8.28. The Balaban J connectivity index is 1.30. The number of benzene rings is 2. The van der Waals surface area contributed by atoms with Crippen LogP contribution in [0.25, 0.3) is 10.8 Å². The zero-order chi connectivity index (χ0) is 26.2. The molecule has 2 saturated heterocycles. The zero-order valence-electron chi connectivity index (χ0n) is 21.0. The number of aromatic nitrogens is 2. The molecule has 3 aromatic rings. The first-order valence-electron chi connectivity index (χ1n) is 12.9. The molecule has 6 rings (SSSR count). The number of halogens is 2. The maximum absolute atomic E-state index is 13.4. The van der Waals surface area contributed by atoms with Gasteiger partial charge in [0.2, 0.25) is 0 Å². The van der Waals surface area contributed by atoms with E-state index in [1.807, 2.05) is 12.1 Å². The summed E-state index contributed by atoms with van der Waals surface area (Å²) in [5.41, 5.74) is 3.08. The number of piperazine rings is 1. The van der Waals surface area contributed by atoms with E-state index >= 15 is 0 Å². The molecule has 0 radical (unpaired) electrons. The number of anilines is 2. The van der Waals surface area contributed by atoms with Gasteiger partial charge in [0.05, 0.1) is 37.1 Å². The van der Waals surface area contributed by atoms with Crippen molar-refractivity contribution in [3.05, 3.63) is 65.1 Å². The highest BCUT2D eigenvalue weighted by Crippen LogP contribution is 2.37. The van der Waals surface area contributed by atoms with Crippen molar-refractivity contribution in [1.29, 1.82) is 0 Å². The van der Waals surface area contributed by atoms with E-state index < -0.39 is 11.7 Å². The molecule has 0 saturated carbocycles. The molecule has 0 N–H and O–H groups in total. The Morgan fingerprint density at radius 2 is 1.84 bits per heavy atom. The predicted octanol–water partition coefficient (Wildman–Crippen LogP) is 4.00. The Bertz CT molecular complexity index is 1390. The Morgan fingerprint density at radius 1 is 1.08 bits per heavy atom. The summed E-state index contributed by atoms with van der Waals surface area (Å²) in [6.07, 6.45) is 0.753. The first-order valence-corrected chi connectivity index (χ1v) is 13.3. The van der Waals surface area contributed by atoms with Crippen LogP contribution in [-0.4, -0.2) is 73.3 Å². The molecule has 0 aliphatic carbocycles. The minimum Gasteiger partial charge on any atom is -0.463 e.